The highest BCUT2D eigenvalue weighted by Crippen LogP contribution is 2.13. The van der Waals surface area contributed by atoms with Crippen LogP contribution in [-0.2, 0) is 18.2 Å². The molecule has 2 rings (SSSR count). The van der Waals surface area contributed by atoms with E-state index >= 15 is 0 Å². The number of aryl methyl sites for hydroxylation is 1. The summed E-state index contributed by atoms with van der Waals surface area (Å²) in [5.41, 5.74) is 0.878. The quantitative estimate of drug-likeness (QED) is 0.775. The van der Waals surface area contributed by atoms with Gasteiger partial charge >= 0.3 is 6.03 Å². The Bertz CT molecular complexity index is 681. The minimum atomic E-state index is -0.273. The molecule has 9 nitrogen and oxygen atoms in total. The summed E-state index contributed by atoms with van der Waals surface area (Å²) >= 11 is 0. The van der Waals surface area contributed by atoms with Crippen molar-refractivity contribution in [3.05, 3.63) is 29.7 Å². The molecule has 1 atom stereocenters. The number of urea groups is 1. The fraction of sp³-hybridized carbons (Fsp3) is 0.625. The van der Waals surface area contributed by atoms with Crippen LogP contribution in [0.3, 0.4) is 0 Å². The van der Waals surface area contributed by atoms with Gasteiger partial charge in [0.15, 0.2) is 5.82 Å². The van der Waals surface area contributed by atoms with Gasteiger partial charge in [-0.05, 0) is 6.07 Å². The number of likely N-dealkylation sites (N-methyl/N-ethyl adjacent to an activating group) is 1. The molecule has 2 heterocycles. The lowest BCUT2D eigenvalue weighted by molar-refractivity contribution is 0.155. The molecule has 9 heteroatoms. The third kappa shape index (κ3) is 5.02. The Morgan fingerprint density at radius 3 is 2.80 bits per heavy atom. The zero-order valence-corrected chi connectivity index (χ0v) is 15.4. The molecule has 1 N–H and O–H groups in total. The second kappa shape index (κ2) is 8.61. The first kappa shape index (κ1) is 18.9. The van der Waals surface area contributed by atoms with Gasteiger partial charge in [-0.1, -0.05) is 19.0 Å². The number of hydrogen-bond donors (Lipinski definition) is 1. The molecule has 2 amide bonds. The minimum Gasteiger partial charge on any atom is -0.382 e. The SMILES string of the molecule is COC[C@H](NC(=O)N(C)CCc1noc(C(C)C)n1)c1ccnn1C. The molecule has 0 spiro atoms. The van der Waals surface area contributed by atoms with Gasteiger partial charge in [-0.3, -0.25) is 4.68 Å². The molecule has 0 bridgehead atoms. The lowest BCUT2D eigenvalue weighted by atomic mass is 10.2. The van der Waals surface area contributed by atoms with Gasteiger partial charge in [-0.2, -0.15) is 10.1 Å². The summed E-state index contributed by atoms with van der Waals surface area (Å²) in [6.07, 6.45) is 2.22. The van der Waals surface area contributed by atoms with Gasteiger partial charge in [0.2, 0.25) is 5.89 Å². The smallest absolute Gasteiger partial charge is 0.317 e. The van der Waals surface area contributed by atoms with E-state index in [4.69, 9.17) is 9.26 Å². The van der Waals surface area contributed by atoms with Crippen molar-refractivity contribution in [3.8, 4) is 0 Å². The number of carbonyl (C=O) groups is 1. The van der Waals surface area contributed by atoms with E-state index in [1.807, 2.05) is 27.0 Å². The Labute approximate surface area is 147 Å². The van der Waals surface area contributed by atoms with Gasteiger partial charge in [-0.15, -0.1) is 0 Å². The number of nitrogens with one attached hydrogen (secondary N) is 1. The average Bonchev–Trinajstić information content (AvgIpc) is 3.21. The van der Waals surface area contributed by atoms with Gasteiger partial charge in [0, 0.05) is 46.3 Å². The van der Waals surface area contributed by atoms with Crippen LogP contribution in [0.4, 0.5) is 4.79 Å². The highest BCUT2D eigenvalue weighted by atomic mass is 16.5. The van der Waals surface area contributed by atoms with Gasteiger partial charge in [0.25, 0.3) is 0 Å². The predicted octanol–water partition coefficient (Wildman–Crippen LogP) is 1.50. The average molecular weight is 350 g/mol. The van der Waals surface area contributed by atoms with E-state index < -0.39 is 0 Å². The number of rotatable bonds is 8. The fourth-order valence-corrected chi connectivity index (χ4v) is 2.33. The second-order valence-corrected chi connectivity index (χ2v) is 6.21. The number of methoxy groups -OCH3 is 1. The molecule has 0 saturated heterocycles. The summed E-state index contributed by atoms with van der Waals surface area (Å²) in [6, 6.07) is 1.39. The fourth-order valence-electron chi connectivity index (χ4n) is 2.33. The van der Waals surface area contributed by atoms with E-state index in [9.17, 15) is 4.79 Å². The Hall–Kier alpha value is -2.42. The van der Waals surface area contributed by atoms with Crippen LogP contribution >= 0.6 is 0 Å². The van der Waals surface area contributed by atoms with Crippen molar-refractivity contribution in [1.29, 1.82) is 0 Å². The molecule has 138 valence electrons. The number of carbonyl (C=O) groups excluding carboxylic acids is 1. The summed E-state index contributed by atoms with van der Waals surface area (Å²) in [4.78, 5) is 18.3. The molecule has 0 aliphatic rings. The second-order valence-electron chi connectivity index (χ2n) is 6.21. The predicted molar refractivity (Wildman–Crippen MR) is 91.1 cm³/mol. The standard InChI is InChI=1S/C16H26N6O3/c1-11(2)15-19-14(20-25-15)7-9-21(3)16(23)18-12(10-24-5)13-6-8-17-22(13)4/h6,8,11-12H,7,9-10H2,1-5H3,(H,18,23)/t12-/m0/s1. The highest BCUT2D eigenvalue weighted by molar-refractivity contribution is 5.74. The first-order valence-electron chi connectivity index (χ1n) is 8.23. The molecule has 0 saturated carbocycles. The van der Waals surface area contributed by atoms with Crippen molar-refractivity contribution in [1.82, 2.24) is 30.1 Å². The molecule has 0 aromatic carbocycles. The summed E-state index contributed by atoms with van der Waals surface area (Å²) in [6.45, 7) is 4.83. The Balaban J connectivity index is 1.90. The third-order valence-electron chi connectivity index (χ3n) is 3.84. The van der Waals surface area contributed by atoms with Crippen LogP contribution in [0.1, 0.15) is 43.2 Å². The molecular weight excluding hydrogens is 324 g/mol. The first-order chi connectivity index (χ1) is 11.9. The van der Waals surface area contributed by atoms with Crippen molar-refractivity contribution in [2.45, 2.75) is 32.2 Å². The number of ether oxygens (including phenoxy) is 1. The Morgan fingerprint density at radius 1 is 1.48 bits per heavy atom. The molecule has 2 aromatic rings. The van der Waals surface area contributed by atoms with Crippen LogP contribution < -0.4 is 5.32 Å². The molecule has 0 unspecified atom stereocenters. The first-order valence-corrected chi connectivity index (χ1v) is 8.23. The van der Waals surface area contributed by atoms with Crippen LogP contribution in [0.15, 0.2) is 16.8 Å². The molecule has 0 fully saturated rings. The Kier molecular flexibility index (Phi) is 6.51. The molecule has 25 heavy (non-hydrogen) atoms. The number of aromatic nitrogens is 4. The highest BCUT2D eigenvalue weighted by Gasteiger charge is 2.20. The lowest BCUT2D eigenvalue weighted by Gasteiger charge is -2.23. The van der Waals surface area contributed by atoms with E-state index in [-0.39, 0.29) is 18.0 Å². The lowest BCUT2D eigenvalue weighted by Crippen LogP contribution is -2.42. The van der Waals surface area contributed by atoms with Crippen molar-refractivity contribution in [3.63, 3.8) is 0 Å². The van der Waals surface area contributed by atoms with Gasteiger partial charge < -0.3 is 19.5 Å². The number of hydrogen-bond acceptors (Lipinski definition) is 6. The number of amides is 2. The van der Waals surface area contributed by atoms with Crippen LogP contribution in [0.25, 0.3) is 0 Å². The summed E-state index contributed by atoms with van der Waals surface area (Å²) < 4.78 is 12.1. The van der Waals surface area contributed by atoms with E-state index in [2.05, 4.69) is 20.6 Å². The van der Waals surface area contributed by atoms with Crippen molar-refractivity contribution < 1.29 is 14.1 Å². The number of nitrogens with zero attached hydrogens (tertiary/aromatic N) is 5. The maximum Gasteiger partial charge on any atom is 0.317 e. The maximum atomic E-state index is 12.4. The van der Waals surface area contributed by atoms with E-state index in [1.165, 1.54) is 0 Å². The maximum absolute atomic E-state index is 12.4. The minimum absolute atomic E-state index is 0.191. The summed E-state index contributed by atoms with van der Waals surface area (Å²) in [5, 5.41) is 11.0. The van der Waals surface area contributed by atoms with Gasteiger partial charge in [0.1, 0.15) is 0 Å². The van der Waals surface area contributed by atoms with E-state index in [0.29, 0.717) is 31.3 Å². The van der Waals surface area contributed by atoms with E-state index in [0.717, 1.165) is 5.69 Å². The molecule has 0 aliphatic heterocycles. The van der Waals surface area contributed by atoms with E-state index in [1.54, 1.807) is 29.9 Å². The topological polar surface area (TPSA) is 98.3 Å². The summed E-state index contributed by atoms with van der Waals surface area (Å²) in [5.74, 6) is 1.40. The normalized spacial score (nSPS) is 12.4. The van der Waals surface area contributed by atoms with Gasteiger partial charge in [-0.25, -0.2) is 4.79 Å². The third-order valence-corrected chi connectivity index (χ3v) is 3.84. The van der Waals surface area contributed by atoms with Crippen molar-refractivity contribution in [2.24, 2.45) is 7.05 Å². The van der Waals surface area contributed by atoms with Crippen LogP contribution in [-0.4, -0.2) is 58.2 Å². The zero-order valence-electron chi connectivity index (χ0n) is 15.4. The molecule has 2 aromatic heterocycles. The Morgan fingerprint density at radius 2 is 2.24 bits per heavy atom. The summed E-state index contributed by atoms with van der Waals surface area (Å²) in [7, 11) is 5.16. The van der Waals surface area contributed by atoms with Crippen molar-refractivity contribution >= 4 is 6.03 Å². The van der Waals surface area contributed by atoms with Crippen LogP contribution in [0.2, 0.25) is 0 Å². The van der Waals surface area contributed by atoms with Gasteiger partial charge in [0.05, 0.1) is 18.3 Å². The van der Waals surface area contributed by atoms with Crippen LogP contribution in [0.5, 0.6) is 0 Å². The van der Waals surface area contributed by atoms with Crippen LogP contribution in [0, 0.1) is 0 Å². The zero-order chi connectivity index (χ0) is 18.4. The molecule has 0 aliphatic carbocycles. The van der Waals surface area contributed by atoms with Crippen molar-refractivity contribution in [2.75, 3.05) is 27.3 Å². The molecule has 0 radical (unpaired) electrons. The largest absolute Gasteiger partial charge is 0.382 e. The monoisotopic (exact) mass is 350 g/mol. The molecular formula is C16H26N6O3.